The first-order valence-electron chi connectivity index (χ1n) is 11.0. The molecule has 178 valence electrons. The Morgan fingerprint density at radius 2 is 2.03 bits per heavy atom. The predicted molar refractivity (Wildman–Crippen MR) is 118 cm³/mol. The van der Waals surface area contributed by atoms with Crippen molar-refractivity contribution < 1.29 is 23.9 Å². The Kier molecular flexibility index (Phi) is 8.80. The van der Waals surface area contributed by atoms with Crippen LogP contribution in [0.5, 0.6) is 0 Å². The van der Waals surface area contributed by atoms with Gasteiger partial charge in [-0.25, -0.2) is 4.79 Å². The molecule has 2 unspecified atom stereocenters. The van der Waals surface area contributed by atoms with E-state index in [9.17, 15) is 19.2 Å². The molecule has 10 heteroatoms. The summed E-state index contributed by atoms with van der Waals surface area (Å²) in [5.74, 6) is -2.23. The molecule has 2 atom stereocenters. The van der Waals surface area contributed by atoms with Crippen molar-refractivity contribution in [2.75, 3.05) is 13.2 Å². The molecular formula is C22H35N5O5. The van der Waals surface area contributed by atoms with Crippen molar-refractivity contribution in [3.8, 4) is 0 Å². The summed E-state index contributed by atoms with van der Waals surface area (Å²) in [6.45, 7) is 10.5. The lowest BCUT2D eigenvalue weighted by Gasteiger charge is -2.25. The molecule has 10 nitrogen and oxygen atoms in total. The zero-order valence-corrected chi connectivity index (χ0v) is 19.6. The first-order valence-corrected chi connectivity index (χ1v) is 11.0. The molecule has 2 bridgehead atoms. The van der Waals surface area contributed by atoms with E-state index in [1.165, 1.54) is 0 Å². The van der Waals surface area contributed by atoms with Crippen LogP contribution in [0.25, 0.3) is 0 Å². The average molecular weight is 450 g/mol. The number of ketones is 1. The molecule has 0 fully saturated rings. The van der Waals surface area contributed by atoms with Crippen molar-refractivity contribution in [2.24, 2.45) is 11.3 Å². The van der Waals surface area contributed by atoms with Gasteiger partial charge in [-0.2, -0.15) is 5.10 Å². The van der Waals surface area contributed by atoms with E-state index >= 15 is 0 Å². The summed E-state index contributed by atoms with van der Waals surface area (Å²) in [4.78, 5) is 50.2. The zero-order valence-electron chi connectivity index (χ0n) is 19.6. The number of amides is 3. The number of ether oxygens (including phenoxy) is 1. The van der Waals surface area contributed by atoms with Crippen LogP contribution >= 0.6 is 0 Å². The number of hydrogen-bond donors (Lipinski definition) is 3. The standard InChI is InChI=1S/C22H35N5O5/c1-14(2)17(26-21(31)32-13-22(3,4)5)19(29)25-16-8-7-15-11-24-27(12-15)10-6-9-23-20(30)18(16)28/h11-12,14,16-17H,6-10,13H2,1-5H3,(H,23,30)(H,25,29)(H,26,31). The first-order chi connectivity index (χ1) is 15.0. The van der Waals surface area contributed by atoms with Crippen LogP contribution < -0.4 is 16.0 Å². The fourth-order valence-corrected chi connectivity index (χ4v) is 3.17. The average Bonchev–Trinajstić information content (AvgIpc) is 3.16. The number of nitrogens with one attached hydrogen (secondary N) is 3. The Labute approximate surface area is 188 Å². The molecule has 32 heavy (non-hydrogen) atoms. The molecule has 0 aliphatic carbocycles. The van der Waals surface area contributed by atoms with Crippen LogP contribution in [-0.4, -0.2) is 58.7 Å². The molecule has 0 saturated carbocycles. The van der Waals surface area contributed by atoms with Gasteiger partial charge in [-0.05, 0) is 36.2 Å². The van der Waals surface area contributed by atoms with E-state index in [0.717, 1.165) is 5.56 Å². The number of Topliss-reactive ketones (excluding diaryl/α,β-unsaturated/α-hetero) is 1. The van der Waals surface area contributed by atoms with E-state index < -0.39 is 35.8 Å². The van der Waals surface area contributed by atoms with E-state index in [1.54, 1.807) is 24.7 Å². The summed E-state index contributed by atoms with van der Waals surface area (Å²) in [7, 11) is 0. The lowest BCUT2D eigenvalue weighted by atomic mass is 9.99. The van der Waals surface area contributed by atoms with Crippen LogP contribution in [0.1, 0.15) is 53.0 Å². The quantitative estimate of drug-likeness (QED) is 0.579. The molecular weight excluding hydrogens is 414 g/mol. The number of fused-ring (bicyclic) bond motifs is 2. The Balaban J connectivity index is 2.09. The van der Waals surface area contributed by atoms with Crippen LogP contribution in [-0.2, 0) is 32.1 Å². The van der Waals surface area contributed by atoms with Crippen molar-refractivity contribution in [3.05, 3.63) is 18.0 Å². The highest BCUT2D eigenvalue weighted by Gasteiger charge is 2.32. The van der Waals surface area contributed by atoms with Gasteiger partial charge in [0, 0.05) is 19.3 Å². The fraction of sp³-hybridized carbons (Fsp3) is 0.682. The summed E-state index contributed by atoms with van der Waals surface area (Å²) >= 11 is 0. The van der Waals surface area contributed by atoms with Gasteiger partial charge in [0.15, 0.2) is 0 Å². The minimum absolute atomic E-state index is 0.195. The molecule has 1 aromatic rings. The van der Waals surface area contributed by atoms with Crippen molar-refractivity contribution in [3.63, 3.8) is 0 Å². The van der Waals surface area contributed by atoms with E-state index in [-0.39, 0.29) is 24.4 Å². The number of rotatable bonds is 5. The van der Waals surface area contributed by atoms with Gasteiger partial charge in [-0.15, -0.1) is 0 Å². The fourth-order valence-electron chi connectivity index (χ4n) is 3.17. The van der Waals surface area contributed by atoms with Gasteiger partial charge >= 0.3 is 6.09 Å². The predicted octanol–water partition coefficient (Wildman–Crippen LogP) is 1.19. The third kappa shape index (κ3) is 7.97. The zero-order chi connectivity index (χ0) is 23.9. The van der Waals surface area contributed by atoms with Crippen LogP contribution in [0.2, 0.25) is 0 Å². The number of aryl methyl sites for hydroxylation is 2. The molecule has 1 aliphatic rings. The van der Waals surface area contributed by atoms with Crippen molar-refractivity contribution >= 4 is 23.7 Å². The smallest absolute Gasteiger partial charge is 0.407 e. The van der Waals surface area contributed by atoms with E-state index in [4.69, 9.17) is 4.74 Å². The Bertz CT molecular complexity index is 827. The van der Waals surface area contributed by atoms with Gasteiger partial charge < -0.3 is 20.7 Å². The number of alkyl carbamates (subject to hydrolysis) is 1. The topological polar surface area (TPSA) is 131 Å². The summed E-state index contributed by atoms with van der Waals surface area (Å²) in [5.41, 5.74) is 0.705. The third-order valence-corrected chi connectivity index (χ3v) is 4.97. The number of carbonyl (C=O) groups excluding carboxylic acids is 4. The maximum absolute atomic E-state index is 13.0. The second-order valence-electron chi connectivity index (χ2n) is 9.69. The normalized spacial score (nSPS) is 18.8. The van der Waals surface area contributed by atoms with Crippen LogP contribution in [0.4, 0.5) is 4.79 Å². The Morgan fingerprint density at radius 1 is 1.31 bits per heavy atom. The Morgan fingerprint density at radius 3 is 2.69 bits per heavy atom. The molecule has 2 heterocycles. The second-order valence-corrected chi connectivity index (χ2v) is 9.69. The lowest BCUT2D eigenvalue weighted by Crippen LogP contribution is -2.55. The molecule has 2 rings (SSSR count). The minimum atomic E-state index is -1.01. The van der Waals surface area contributed by atoms with Crippen molar-refractivity contribution in [1.29, 1.82) is 0 Å². The monoisotopic (exact) mass is 449 g/mol. The van der Waals surface area contributed by atoms with Crippen molar-refractivity contribution in [2.45, 2.75) is 72.5 Å². The molecule has 0 radical (unpaired) electrons. The highest BCUT2D eigenvalue weighted by molar-refractivity contribution is 6.38. The van der Waals surface area contributed by atoms with Gasteiger partial charge in [-0.3, -0.25) is 19.1 Å². The van der Waals surface area contributed by atoms with Gasteiger partial charge in [-0.1, -0.05) is 34.6 Å². The van der Waals surface area contributed by atoms with E-state index in [1.807, 2.05) is 27.0 Å². The first kappa shape index (κ1) is 25.4. The maximum atomic E-state index is 13.0. The highest BCUT2D eigenvalue weighted by Crippen LogP contribution is 2.13. The molecule has 1 aliphatic heterocycles. The number of nitrogens with zero attached hydrogens (tertiary/aromatic N) is 2. The van der Waals surface area contributed by atoms with Crippen LogP contribution in [0.3, 0.4) is 0 Å². The number of hydrogen-bond acceptors (Lipinski definition) is 6. The largest absolute Gasteiger partial charge is 0.449 e. The number of carbonyl (C=O) groups is 4. The summed E-state index contributed by atoms with van der Waals surface area (Å²) < 4.78 is 7.00. The van der Waals surface area contributed by atoms with Crippen LogP contribution in [0.15, 0.2) is 12.4 Å². The van der Waals surface area contributed by atoms with Gasteiger partial charge in [0.1, 0.15) is 6.04 Å². The minimum Gasteiger partial charge on any atom is -0.449 e. The SMILES string of the molecule is CC(C)C(NC(=O)OCC(C)(C)C)C(=O)NC1CCc2cnn(c2)CCCNC(=O)C1=O. The maximum Gasteiger partial charge on any atom is 0.407 e. The molecule has 0 spiro atoms. The number of aromatic nitrogens is 2. The van der Waals surface area contributed by atoms with Gasteiger partial charge in [0.05, 0.1) is 18.8 Å². The second kappa shape index (κ2) is 11.1. The van der Waals surface area contributed by atoms with Crippen molar-refractivity contribution in [1.82, 2.24) is 25.7 Å². The van der Waals surface area contributed by atoms with E-state index in [0.29, 0.717) is 25.9 Å². The Hall–Kier alpha value is -2.91. The molecule has 1 aromatic heterocycles. The molecule has 0 aromatic carbocycles. The summed E-state index contributed by atoms with van der Waals surface area (Å²) in [5, 5.41) is 12.1. The molecule has 0 saturated heterocycles. The van der Waals surface area contributed by atoms with Crippen LogP contribution in [0, 0.1) is 11.3 Å². The van der Waals surface area contributed by atoms with Gasteiger partial charge in [0.25, 0.3) is 5.91 Å². The highest BCUT2D eigenvalue weighted by atomic mass is 16.5. The summed E-state index contributed by atoms with van der Waals surface area (Å²) in [6.07, 6.45) is 4.26. The van der Waals surface area contributed by atoms with Gasteiger partial charge in [0.2, 0.25) is 11.7 Å². The summed E-state index contributed by atoms with van der Waals surface area (Å²) in [6, 6.07) is -1.93. The lowest BCUT2D eigenvalue weighted by molar-refractivity contribution is -0.140. The molecule has 3 amide bonds. The third-order valence-electron chi connectivity index (χ3n) is 4.97. The van der Waals surface area contributed by atoms with E-state index in [2.05, 4.69) is 21.0 Å². The molecule has 3 N–H and O–H groups in total.